The third kappa shape index (κ3) is 2.81. The highest BCUT2D eigenvalue weighted by molar-refractivity contribution is 6.35. The van der Waals surface area contributed by atoms with E-state index in [0.717, 1.165) is 5.56 Å². The van der Waals surface area contributed by atoms with Crippen molar-refractivity contribution in [3.8, 4) is 17.0 Å². The zero-order chi connectivity index (χ0) is 14.8. The molecule has 0 saturated carbocycles. The number of rotatable bonds is 3. The second-order valence-electron chi connectivity index (χ2n) is 4.39. The van der Waals surface area contributed by atoms with Crippen LogP contribution in [0.15, 0.2) is 54.6 Å². The topological polar surface area (TPSA) is 22.1 Å². The van der Waals surface area contributed by atoms with Crippen LogP contribution in [0.2, 0.25) is 5.02 Å². The van der Waals surface area contributed by atoms with Gasteiger partial charge in [0.15, 0.2) is 5.75 Å². The Labute approximate surface area is 125 Å². The summed E-state index contributed by atoms with van der Waals surface area (Å²) in [6.07, 6.45) is 0. The molecule has 0 atom stereocenters. The molecular formula is C16H10ClF2NO. The molecule has 0 fully saturated rings. The predicted octanol–water partition coefficient (Wildman–Crippen LogP) is 5.16. The summed E-state index contributed by atoms with van der Waals surface area (Å²) in [5.74, 6) is 0.0159. The van der Waals surface area contributed by atoms with Gasteiger partial charge in [0.1, 0.15) is 5.52 Å². The average molecular weight is 306 g/mol. The fraction of sp³-hybridized carbons (Fsp3) is 0.0625. The van der Waals surface area contributed by atoms with Gasteiger partial charge in [0.2, 0.25) is 0 Å². The molecule has 21 heavy (non-hydrogen) atoms. The van der Waals surface area contributed by atoms with Gasteiger partial charge in [-0.1, -0.05) is 54.1 Å². The monoisotopic (exact) mass is 305 g/mol. The Kier molecular flexibility index (Phi) is 3.71. The maximum absolute atomic E-state index is 12.5. The lowest BCUT2D eigenvalue weighted by atomic mass is 10.1. The first-order valence-corrected chi connectivity index (χ1v) is 6.62. The van der Waals surface area contributed by atoms with E-state index in [-0.39, 0.29) is 5.75 Å². The van der Waals surface area contributed by atoms with Crippen molar-refractivity contribution in [2.24, 2.45) is 0 Å². The van der Waals surface area contributed by atoms with Crippen LogP contribution >= 0.6 is 11.6 Å². The second-order valence-corrected chi connectivity index (χ2v) is 4.79. The van der Waals surface area contributed by atoms with Gasteiger partial charge < -0.3 is 4.74 Å². The molecule has 1 aromatic heterocycles. The minimum Gasteiger partial charge on any atom is -0.432 e. The third-order valence-electron chi connectivity index (χ3n) is 3.04. The molecule has 5 heteroatoms. The largest absolute Gasteiger partial charge is 0.432 e. The predicted molar refractivity (Wildman–Crippen MR) is 78.8 cm³/mol. The molecular weight excluding hydrogens is 296 g/mol. The molecule has 0 bridgehead atoms. The number of hydrogen-bond acceptors (Lipinski definition) is 2. The number of hydrogen-bond donors (Lipinski definition) is 0. The van der Waals surface area contributed by atoms with Gasteiger partial charge in [-0.15, -0.1) is 0 Å². The Balaban J connectivity index is 2.21. The molecule has 2 aromatic carbocycles. The van der Waals surface area contributed by atoms with E-state index in [1.807, 2.05) is 30.3 Å². The molecule has 1 heterocycles. The van der Waals surface area contributed by atoms with E-state index < -0.39 is 6.61 Å². The highest BCUT2D eigenvalue weighted by atomic mass is 35.5. The fourth-order valence-corrected chi connectivity index (χ4v) is 2.38. The van der Waals surface area contributed by atoms with Crippen LogP contribution in [0.1, 0.15) is 0 Å². The second kappa shape index (κ2) is 5.66. The van der Waals surface area contributed by atoms with Gasteiger partial charge in [-0.3, -0.25) is 0 Å². The number of aromatic nitrogens is 1. The minimum absolute atomic E-state index is 0.0159. The lowest BCUT2D eigenvalue weighted by Crippen LogP contribution is -2.03. The summed E-state index contributed by atoms with van der Waals surface area (Å²) in [4.78, 5) is 4.42. The number of para-hydroxylation sites is 1. The van der Waals surface area contributed by atoms with Crippen LogP contribution in [0, 0.1) is 0 Å². The lowest BCUT2D eigenvalue weighted by Gasteiger charge is -2.10. The lowest BCUT2D eigenvalue weighted by molar-refractivity contribution is -0.0489. The van der Waals surface area contributed by atoms with Gasteiger partial charge in [-0.25, -0.2) is 4.98 Å². The molecule has 0 saturated heterocycles. The van der Waals surface area contributed by atoms with E-state index in [4.69, 9.17) is 11.6 Å². The van der Waals surface area contributed by atoms with E-state index in [2.05, 4.69) is 9.72 Å². The number of alkyl halides is 2. The third-order valence-corrected chi connectivity index (χ3v) is 3.35. The minimum atomic E-state index is -2.91. The van der Waals surface area contributed by atoms with Crippen molar-refractivity contribution >= 4 is 22.5 Å². The van der Waals surface area contributed by atoms with Crippen LogP contribution in [-0.4, -0.2) is 11.6 Å². The SMILES string of the molecule is FC(F)Oc1cccc2c(Cl)cc(-c3ccccc3)nc12. The molecule has 3 rings (SSSR count). The molecule has 0 aliphatic rings. The number of fused-ring (bicyclic) bond motifs is 1. The first-order valence-electron chi connectivity index (χ1n) is 6.24. The van der Waals surface area contributed by atoms with Crippen LogP contribution in [0.25, 0.3) is 22.2 Å². The average Bonchev–Trinajstić information content (AvgIpc) is 2.48. The van der Waals surface area contributed by atoms with Crippen molar-refractivity contribution in [3.63, 3.8) is 0 Å². The Morgan fingerprint density at radius 1 is 1.00 bits per heavy atom. The summed E-state index contributed by atoms with van der Waals surface area (Å²) in [6, 6.07) is 15.9. The van der Waals surface area contributed by atoms with Gasteiger partial charge in [-0.2, -0.15) is 8.78 Å². The number of nitrogens with zero attached hydrogens (tertiary/aromatic N) is 1. The first-order chi connectivity index (χ1) is 10.1. The van der Waals surface area contributed by atoms with Gasteiger partial charge in [0.05, 0.1) is 10.7 Å². The maximum Gasteiger partial charge on any atom is 0.387 e. The molecule has 3 aromatic rings. The molecule has 0 aliphatic heterocycles. The van der Waals surface area contributed by atoms with Crippen molar-refractivity contribution in [1.29, 1.82) is 0 Å². The van der Waals surface area contributed by atoms with Gasteiger partial charge in [-0.05, 0) is 12.1 Å². The molecule has 0 N–H and O–H groups in total. The van der Waals surface area contributed by atoms with E-state index >= 15 is 0 Å². The smallest absolute Gasteiger partial charge is 0.387 e. The maximum atomic E-state index is 12.5. The Morgan fingerprint density at radius 2 is 1.76 bits per heavy atom. The van der Waals surface area contributed by atoms with Crippen LogP contribution in [-0.2, 0) is 0 Å². The molecule has 0 aliphatic carbocycles. The van der Waals surface area contributed by atoms with Crippen molar-refractivity contribution < 1.29 is 13.5 Å². The number of ether oxygens (including phenoxy) is 1. The Morgan fingerprint density at radius 3 is 2.48 bits per heavy atom. The van der Waals surface area contributed by atoms with E-state index in [9.17, 15) is 8.78 Å². The first kappa shape index (κ1) is 13.8. The van der Waals surface area contributed by atoms with Crippen LogP contribution in [0.5, 0.6) is 5.75 Å². The van der Waals surface area contributed by atoms with Crippen molar-refractivity contribution in [2.75, 3.05) is 0 Å². The van der Waals surface area contributed by atoms with Crippen LogP contribution in [0.3, 0.4) is 0 Å². The van der Waals surface area contributed by atoms with Gasteiger partial charge in [0, 0.05) is 10.9 Å². The fourth-order valence-electron chi connectivity index (χ4n) is 2.13. The van der Waals surface area contributed by atoms with Gasteiger partial charge in [0.25, 0.3) is 0 Å². The van der Waals surface area contributed by atoms with Gasteiger partial charge >= 0.3 is 6.61 Å². The number of benzene rings is 2. The molecule has 2 nitrogen and oxygen atoms in total. The summed E-state index contributed by atoms with van der Waals surface area (Å²) >= 11 is 6.24. The Hall–Kier alpha value is -2.20. The van der Waals surface area contributed by atoms with Crippen molar-refractivity contribution in [1.82, 2.24) is 4.98 Å². The highest BCUT2D eigenvalue weighted by Gasteiger charge is 2.13. The zero-order valence-electron chi connectivity index (χ0n) is 10.8. The van der Waals surface area contributed by atoms with E-state index in [0.29, 0.717) is 21.6 Å². The summed E-state index contributed by atoms with van der Waals surface area (Å²) in [5, 5.41) is 1.02. The number of pyridine rings is 1. The van der Waals surface area contributed by atoms with Crippen molar-refractivity contribution in [2.45, 2.75) is 6.61 Å². The van der Waals surface area contributed by atoms with E-state index in [1.165, 1.54) is 6.07 Å². The quantitative estimate of drug-likeness (QED) is 0.667. The number of halogens is 3. The summed E-state index contributed by atoms with van der Waals surface area (Å²) in [7, 11) is 0. The molecule has 0 amide bonds. The van der Waals surface area contributed by atoms with Crippen LogP contribution in [0.4, 0.5) is 8.78 Å². The molecule has 106 valence electrons. The summed E-state index contributed by atoms with van der Waals surface area (Å²) in [5.41, 5.74) is 1.79. The molecule has 0 spiro atoms. The normalized spacial score (nSPS) is 11.0. The zero-order valence-corrected chi connectivity index (χ0v) is 11.5. The highest BCUT2D eigenvalue weighted by Crippen LogP contribution is 2.33. The molecule has 0 radical (unpaired) electrons. The molecule has 0 unspecified atom stereocenters. The van der Waals surface area contributed by atoms with E-state index in [1.54, 1.807) is 18.2 Å². The Bertz CT molecular complexity index is 778. The van der Waals surface area contributed by atoms with Crippen molar-refractivity contribution in [3.05, 3.63) is 59.6 Å². The van der Waals surface area contributed by atoms with Crippen LogP contribution < -0.4 is 4.74 Å². The summed E-state index contributed by atoms with van der Waals surface area (Å²) < 4.78 is 29.5. The summed E-state index contributed by atoms with van der Waals surface area (Å²) in [6.45, 7) is -2.91. The standard InChI is InChI=1S/C16H10ClF2NO/c17-12-9-13(10-5-2-1-3-6-10)20-15-11(12)7-4-8-14(15)21-16(18)19/h1-9,16H.